The highest BCUT2D eigenvalue weighted by atomic mass is 16.8. The minimum absolute atomic E-state index is 0.0105. The van der Waals surface area contributed by atoms with Gasteiger partial charge in [0.15, 0.2) is 24.4 Å². The number of carbonyl (C=O) groups excluding carboxylic acids is 4. The molecule has 2 fully saturated rings. The molecule has 0 aromatic heterocycles. The van der Waals surface area contributed by atoms with Crippen LogP contribution in [-0.4, -0.2) is 119 Å². The van der Waals surface area contributed by atoms with E-state index in [1.807, 2.05) is 0 Å². The molecule has 9 atom stereocenters. The van der Waals surface area contributed by atoms with Gasteiger partial charge in [0.25, 0.3) is 0 Å². The number of hydrogen-bond donors (Lipinski definition) is 4. The number of ether oxygens (including phenoxy) is 7. The second-order valence-electron chi connectivity index (χ2n) is 13.8. The van der Waals surface area contributed by atoms with Gasteiger partial charge in [-0.15, -0.1) is 0 Å². The molecule has 0 aromatic carbocycles. The summed E-state index contributed by atoms with van der Waals surface area (Å²) in [4.78, 5) is 51.1. The number of hydrogen-bond acceptors (Lipinski definition) is 15. The van der Waals surface area contributed by atoms with Crippen molar-refractivity contribution in [2.24, 2.45) is 23.7 Å². The van der Waals surface area contributed by atoms with Crippen molar-refractivity contribution in [3.63, 3.8) is 0 Å². The monoisotopic (exact) mass is 678 g/mol. The smallest absolute Gasteiger partial charge is 0.306 e. The molecule has 47 heavy (non-hydrogen) atoms. The van der Waals surface area contributed by atoms with Gasteiger partial charge < -0.3 is 53.6 Å². The van der Waals surface area contributed by atoms with Gasteiger partial charge in [-0.05, 0) is 23.7 Å². The highest BCUT2D eigenvalue weighted by Crippen LogP contribution is 2.40. The summed E-state index contributed by atoms with van der Waals surface area (Å²) in [5.41, 5.74) is 0. The minimum atomic E-state index is -2.39. The van der Waals surface area contributed by atoms with Crippen LogP contribution in [0.5, 0.6) is 0 Å². The second-order valence-corrected chi connectivity index (χ2v) is 13.8. The zero-order valence-electron chi connectivity index (χ0n) is 28.7. The third-order valence-electron chi connectivity index (χ3n) is 7.32. The van der Waals surface area contributed by atoms with E-state index in [4.69, 9.17) is 33.2 Å². The van der Waals surface area contributed by atoms with E-state index in [-0.39, 0.29) is 49.4 Å². The van der Waals surface area contributed by atoms with Crippen LogP contribution in [0.3, 0.4) is 0 Å². The average Bonchev–Trinajstić information content (AvgIpc) is 3.22. The molecule has 4 N–H and O–H groups in total. The molecule has 0 spiro atoms. The molecule has 2 rings (SSSR count). The number of carbonyl (C=O) groups is 4. The lowest BCUT2D eigenvalue weighted by molar-refractivity contribution is -0.384. The van der Waals surface area contributed by atoms with E-state index in [0.29, 0.717) is 0 Å². The molecular weight excluding hydrogens is 624 g/mol. The Morgan fingerprint density at radius 1 is 0.617 bits per heavy atom. The van der Waals surface area contributed by atoms with Gasteiger partial charge in [0, 0.05) is 25.7 Å². The summed E-state index contributed by atoms with van der Waals surface area (Å²) in [6.07, 6.45) is -12.9. The van der Waals surface area contributed by atoms with Gasteiger partial charge in [-0.1, -0.05) is 55.4 Å². The Balaban J connectivity index is 2.57. The SMILES string of the molecule is CC(C)CC(=O)O[C@@H]1[C@@H](CO)O[C@@](CO)(O[C@H]2O[C@H](CO)[C@@H](OC(=O)CC(C)C)[C@H](O)[C@H]2OC(=O)CC(C)C)[C@H]1OC(=O)CC(C)C. The maximum absolute atomic E-state index is 13.0. The lowest BCUT2D eigenvalue weighted by Gasteiger charge is -2.45. The van der Waals surface area contributed by atoms with E-state index < -0.39 is 98.5 Å². The molecule has 0 unspecified atom stereocenters. The van der Waals surface area contributed by atoms with Crippen molar-refractivity contribution in [1.29, 1.82) is 0 Å². The predicted octanol–water partition coefficient (Wildman–Crippen LogP) is 0.992. The Morgan fingerprint density at radius 2 is 1.02 bits per heavy atom. The first-order chi connectivity index (χ1) is 22.0. The van der Waals surface area contributed by atoms with Crippen LogP contribution >= 0.6 is 0 Å². The van der Waals surface area contributed by atoms with Gasteiger partial charge in [0.2, 0.25) is 12.1 Å². The van der Waals surface area contributed by atoms with Crippen LogP contribution in [0.2, 0.25) is 0 Å². The normalized spacial score (nSPS) is 31.0. The van der Waals surface area contributed by atoms with Crippen LogP contribution in [-0.2, 0) is 52.3 Å². The maximum atomic E-state index is 13.0. The summed E-state index contributed by atoms with van der Waals surface area (Å²) in [5.74, 6) is -5.79. The second kappa shape index (κ2) is 18.4. The Hall–Kier alpha value is -2.40. The van der Waals surface area contributed by atoms with Crippen molar-refractivity contribution in [3.05, 3.63) is 0 Å². The van der Waals surface area contributed by atoms with Gasteiger partial charge in [0.1, 0.15) is 24.9 Å². The Labute approximate surface area is 276 Å². The Kier molecular flexibility index (Phi) is 16.0. The maximum Gasteiger partial charge on any atom is 0.306 e. The fraction of sp³-hybridized carbons (Fsp3) is 0.875. The van der Waals surface area contributed by atoms with Gasteiger partial charge in [0.05, 0.1) is 13.2 Å². The van der Waals surface area contributed by atoms with Gasteiger partial charge in [-0.3, -0.25) is 19.2 Å². The van der Waals surface area contributed by atoms with E-state index in [9.17, 15) is 39.6 Å². The zero-order chi connectivity index (χ0) is 35.6. The molecule has 0 aromatic rings. The standard InChI is InChI=1S/C32H54O15/c1-16(2)9-22(36)42-27-20(13-33)41-31(29(26(27)40)44-24(38)11-18(5)6)47-32(15-35)30(45-25(39)12-19(7)8)28(21(14-34)46-32)43-23(37)10-17(3)4/h16-21,26-31,33-35,40H,9-15H2,1-8H3/t20-,21-,26+,27-,28-,29-,30+,31-,32+/m1/s1. The number of rotatable bonds is 17. The predicted molar refractivity (Wildman–Crippen MR) is 162 cm³/mol. The molecule has 15 nitrogen and oxygen atoms in total. The molecule has 2 heterocycles. The molecule has 2 saturated heterocycles. The number of esters is 4. The van der Waals surface area contributed by atoms with Gasteiger partial charge >= 0.3 is 23.9 Å². The molecule has 0 bridgehead atoms. The van der Waals surface area contributed by atoms with E-state index >= 15 is 0 Å². The Bertz CT molecular complexity index is 1030. The molecule has 0 aliphatic carbocycles. The van der Waals surface area contributed by atoms with Crippen LogP contribution < -0.4 is 0 Å². The van der Waals surface area contributed by atoms with Crippen LogP contribution in [0.1, 0.15) is 81.1 Å². The molecule has 2 aliphatic rings. The number of aliphatic hydroxyl groups excluding tert-OH is 4. The Morgan fingerprint density at radius 3 is 1.43 bits per heavy atom. The highest BCUT2D eigenvalue weighted by Gasteiger charge is 2.63. The molecular formula is C32H54O15. The van der Waals surface area contributed by atoms with Crippen molar-refractivity contribution in [2.45, 2.75) is 136 Å². The van der Waals surface area contributed by atoms with E-state index in [1.54, 1.807) is 55.4 Å². The van der Waals surface area contributed by atoms with Crippen molar-refractivity contribution in [2.75, 3.05) is 19.8 Å². The van der Waals surface area contributed by atoms with Crippen molar-refractivity contribution in [3.8, 4) is 0 Å². The summed E-state index contributed by atoms with van der Waals surface area (Å²) < 4.78 is 40.3. The van der Waals surface area contributed by atoms with E-state index in [1.165, 1.54) is 0 Å². The molecule has 0 saturated carbocycles. The first-order valence-electron chi connectivity index (χ1n) is 16.3. The minimum Gasteiger partial charge on any atom is -0.457 e. The van der Waals surface area contributed by atoms with Crippen LogP contribution in [0.4, 0.5) is 0 Å². The molecule has 272 valence electrons. The van der Waals surface area contributed by atoms with Crippen LogP contribution in [0.25, 0.3) is 0 Å². The number of aliphatic hydroxyl groups is 4. The first kappa shape index (κ1) is 40.8. The quantitative estimate of drug-likeness (QED) is 0.125. The van der Waals surface area contributed by atoms with Crippen LogP contribution in [0.15, 0.2) is 0 Å². The molecule has 0 amide bonds. The fourth-order valence-corrected chi connectivity index (χ4v) is 5.26. The zero-order valence-corrected chi connectivity index (χ0v) is 28.7. The third-order valence-corrected chi connectivity index (χ3v) is 7.32. The topological polar surface area (TPSA) is 214 Å². The van der Waals surface area contributed by atoms with Crippen molar-refractivity contribution < 1.29 is 72.8 Å². The molecule has 15 heteroatoms. The van der Waals surface area contributed by atoms with Gasteiger partial charge in [-0.25, -0.2) is 0 Å². The highest BCUT2D eigenvalue weighted by molar-refractivity contribution is 5.71. The lowest BCUT2D eigenvalue weighted by Crippen LogP contribution is -2.64. The molecule has 2 aliphatic heterocycles. The summed E-state index contributed by atoms with van der Waals surface area (Å²) in [6, 6.07) is 0. The van der Waals surface area contributed by atoms with E-state index in [0.717, 1.165) is 0 Å². The largest absolute Gasteiger partial charge is 0.457 e. The first-order valence-corrected chi connectivity index (χ1v) is 16.3. The summed E-state index contributed by atoms with van der Waals surface area (Å²) in [5, 5.41) is 42.6. The lowest BCUT2D eigenvalue weighted by atomic mass is 9.97. The van der Waals surface area contributed by atoms with Gasteiger partial charge in [-0.2, -0.15) is 0 Å². The summed E-state index contributed by atoms with van der Waals surface area (Å²) >= 11 is 0. The summed E-state index contributed by atoms with van der Waals surface area (Å²) in [6.45, 7) is 11.6. The molecule has 0 radical (unpaired) electrons. The van der Waals surface area contributed by atoms with E-state index in [2.05, 4.69) is 0 Å². The van der Waals surface area contributed by atoms with Crippen LogP contribution in [0, 0.1) is 23.7 Å². The van der Waals surface area contributed by atoms with Crippen molar-refractivity contribution >= 4 is 23.9 Å². The third kappa shape index (κ3) is 11.6. The van der Waals surface area contributed by atoms with Crippen molar-refractivity contribution in [1.82, 2.24) is 0 Å². The summed E-state index contributed by atoms with van der Waals surface area (Å²) in [7, 11) is 0. The average molecular weight is 679 g/mol. The fourth-order valence-electron chi connectivity index (χ4n) is 5.26.